The number of nitrogen functional groups attached to an aromatic ring is 2. The van der Waals surface area contributed by atoms with E-state index in [4.69, 9.17) is 16.2 Å². The number of hydrogen-bond acceptors (Lipinski definition) is 6. The monoisotopic (exact) mass is 423 g/mol. The van der Waals surface area contributed by atoms with E-state index in [1.54, 1.807) is 13.3 Å². The minimum Gasteiger partial charge on any atom is -0.497 e. The van der Waals surface area contributed by atoms with Crippen molar-refractivity contribution in [1.82, 2.24) is 15.0 Å². The van der Waals surface area contributed by atoms with Gasteiger partial charge in [0.15, 0.2) is 5.65 Å². The van der Waals surface area contributed by atoms with Crippen molar-refractivity contribution in [3.05, 3.63) is 33.3 Å². The van der Waals surface area contributed by atoms with E-state index in [1.165, 1.54) is 0 Å². The van der Waals surface area contributed by atoms with Crippen molar-refractivity contribution in [1.29, 1.82) is 0 Å². The summed E-state index contributed by atoms with van der Waals surface area (Å²) in [5.41, 5.74) is 13.8. The summed E-state index contributed by atoms with van der Waals surface area (Å²) in [5, 5.41) is 0.757. The standard InChI is InChI=1S/C14H11Br2N5O/c1-22-7-3-9(15)11(10(16)4-7)8-2-6-5-19-14(18)21-13(6)20-12(8)17/h2-5H,1H3,(H4,17,18,19,20,21). The first-order valence-corrected chi connectivity index (χ1v) is 7.80. The minimum atomic E-state index is 0.166. The molecule has 0 saturated heterocycles. The Bertz CT molecular complexity index is 861. The number of nitrogens with zero attached hydrogens (tertiary/aromatic N) is 3. The second-order valence-corrected chi connectivity index (χ2v) is 6.24. The Labute approximate surface area is 143 Å². The number of fused-ring (bicyclic) bond motifs is 1. The van der Waals surface area contributed by atoms with Crippen molar-refractivity contribution in [3.8, 4) is 16.9 Å². The van der Waals surface area contributed by atoms with Gasteiger partial charge in [-0.15, -0.1) is 0 Å². The van der Waals surface area contributed by atoms with Crippen LogP contribution in [0, 0.1) is 0 Å². The molecule has 22 heavy (non-hydrogen) atoms. The van der Waals surface area contributed by atoms with Gasteiger partial charge in [0, 0.05) is 31.7 Å². The first-order valence-electron chi connectivity index (χ1n) is 6.21. The molecule has 6 nitrogen and oxygen atoms in total. The van der Waals surface area contributed by atoms with Crippen LogP contribution in [-0.4, -0.2) is 22.1 Å². The fourth-order valence-corrected chi connectivity index (χ4v) is 3.69. The molecule has 2 heterocycles. The minimum absolute atomic E-state index is 0.166. The molecule has 3 rings (SSSR count). The Hall–Kier alpha value is -1.93. The van der Waals surface area contributed by atoms with Gasteiger partial charge in [0.1, 0.15) is 11.6 Å². The molecule has 1 aromatic carbocycles. The number of nitrogens with two attached hydrogens (primary N) is 2. The third-order valence-electron chi connectivity index (χ3n) is 3.14. The zero-order valence-electron chi connectivity index (χ0n) is 11.5. The van der Waals surface area contributed by atoms with E-state index in [0.29, 0.717) is 11.5 Å². The summed E-state index contributed by atoms with van der Waals surface area (Å²) in [6, 6.07) is 5.61. The van der Waals surface area contributed by atoms with Crippen LogP contribution in [0.3, 0.4) is 0 Å². The van der Waals surface area contributed by atoms with Crippen molar-refractivity contribution in [3.63, 3.8) is 0 Å². The molecule has 0 radical (unpaired) electrons. The van der Waals surface area contributed by atoms with E-state index in [-0.39, 0.29) is 5.95 Å². The number of aromatic nitrogens is 3. The lowest BCUT2D eigenvalue weighted by atomic mass is 10.1. The SMILES string of the molecule is COc1cc(Br)c(-c2cc3cnc(N)nc3nc2N)c(Br)c1. The highest BCUT2D eigenvalue weighted by Crippen LogP contribution is 2.41. The molecule has 0 aliphatic rings. The Morgan fingerprint density at radius 2 is 1.73 bits per heavy atom. The fourth-order valence-electron chi connectivity index (χ4n) is 2.12. The molecule has 112 valence electrons. The summed E-state index contributed by atoms with van der Waals surface area (Å²) < 4.78 is 6.91. The molecule has 4 N–H and O–H groups in total. The third kappa shape index (κ3) is 2.59. The van der Waals surface area contributed by atoms with Gasteiger partial charge in [0.25, 0.3) is 0 Å². The van der Waals surface area contributed by atoms with Gasteiger partial charge in [-0.2, -0.15) is 4.98 Å². The average molecular weight is 425 g/mol. The Morgan fingerprint density at radius 1 is 1.05 bits per heavy atom. The Kier molecular flexibility index (Phi) is 3.88. The van der Waals surface area contributed by atoms with E-state index >= 15 is 0 Å². The lowest BCUT2D eigenvalue weighted by Crippen LogP contribution is -2.00. The molecule has 0 saturated carbocycles. The Balaban J connectivity index is 2.26. The lowest BCUT2D eigenvalue weighted by Gasteiger charge is -2.12. The molecule has 0 atom stereocenters. The molecule has 3 aromatic rings. The second kappa shape index (κ2) is 5.69. The van der Waals surface area contributed by atoms with Gasteiger partial charge in [-0.25, -0.2) is 9.97 Å². The number of anilines is 2. The first kappa shape index (κ1) is 15.0. The van der Waals surface area contributed by atoms with Crippen molar-refractivity contribution < 1.29 is 4.74 Å². The van der Waals surface area contributed by atoms with E-state index in [9.17, 15) is 0 Å². The van der Waals surface area contributed by atoms with E-state index in [2.05, 4.69) is 46.8 Å². The number of pyridine rings is 1. The molecule has 0 amide bonds. The fraction of sp³-hybridized carbons (Fsp3) is 0.0714. The molecule has 2 aromatic heterocycles. The van der Waals surface area contributed by atoms with Crippen LogP contribution in [0.1, 0.15) is 0 Å². The number of rotatable bonds is 2. The zero-order chi connectivity index (χ0) is 15.9. The molecule has 0 unspecified atom stereocenters. The lowest BCUT2D eigenvalue weighted by molar-refractivity contribution is 0.414. The smallest absolute Gasteiger partial charge is 0.222 e. The van der Waals surface area contributed by atoms with Crippen LogP contribution >= 0.6 is 31.9 Å². The van der Waals surface area contributed by atoms with Crippen LogP contribution in [0.5, 0.6) is 5.75 Å². The number of benzene rings is 1. The first-order chi connectivity index (χ1) is 10.5. The summed E-state index contributed by atoms with van der Waals surface area (Å²) >= 11 is 7.08. The van der Waals surface area contributed by atoms with Crippen molar-refractivity contribution >= 4 is 54.7 Å². The summed E-state index contributed by atoms with van der Waals surface area (Å²) in [7, 11) is 1.61. The van der Waals surface area contributed by atoms with Crippen LogP contribution in [0.2, 0.25) is 0 Å². The van der Waals surface area contributed by atoms with Gasteiger partial charge < -0.3 is 16.2 Å². The summed E-state index contributed by atoms with van der Waals surface area (Å²) in [6.07, 6.45) is 1.62. The summed E-state index contributed by atoms with van der Waals surface area (Å²) in [4.78, 5) is 12.4. The number of hydrogen-bond donors (Lipinski definition) is 2. The normalized spacial score (nSPS) is 10.9. The van der Waals surface area contributed by atoms with Gasteiger partial charge in [0.05, 0.1) is 7.11 Å². The molecule has 0 aliphatic carbocycles. The van der Waals surface area contributed by atoms with Gasteiger partial charge in [-0.3, -0.25) is 0 Å². The van der Waals surface area contributed by atoms with Crippen LogP contribution in [0.25, 0.3) is 22.2 Å². The maximum absolute atomic E-state index is 6.09. The average Bonchev–Trinajstić information content (AvgIpc) is 2.47. The maximum atomic E-state index is 6.09. The molecular weight excluding hydrogens is 414 g/mol. The molecule has 0 aliphatic heterocycles. The Morgan fingerprint density at radius 3 is 2.36 bits per heavy atom. The van der Waals surface area contributed by atoms with Gasteiger partial charge in [-0.05, 0) is 50.1 Å². The van der Waals surface area contributed by atoms with Gasteiger partial charge >= 0.3 is 0 Å². The molecular formula is C14H11Br2N5O. The van der Waals surface area contributed by atoms with Gasteiger partial charge in [0.2, 0.25) is 5.95 Å². The van der Waals surface area contributed by atoms with Crippen molar-refractivity contribution in [2.45, 2.75) is 0 Å². The molecule has 0 spiro atoms. The number of halogens is 2. The largest absolute Gasteiger partial charge is 0.497 e. The van der Waals surface area contributed by atoms with Crippen molar-refractivity contribution in [2.75, 3.05) is 18.6 Å². The second-order valence-electron chi connectivity index (χ2n) is 4.53. The van der Waals surface area contributed by atoms with Crippen molar-refractivity contribution in [2.24, 2.45) is 0 Å². The maximum Gasteiger partial charge on any atom is 0.222 e. The van der Waals surface area contributed by atoms with E-state index < -0.39 is 0 Å². The van der Waals surface area contributed by atoms with Crippen LogP contribution in [0.4, 0.5) is 11.8 Å². The number of methoxy groups -OCH3 is 1. The summed E-state index contributed by atoms with van der Waals surface area (Å²) in [5.74, 6) is 1.25. The van der Waals surface area contributed by atoms with Crippen LogP contribution in [0.15, 0.2) is 33.3 Å². The third-order valence-corrected chi connectivity index (χ3v) is 4.39. The highest BCUT2D eigenvalue weighted by molar-refractivity contribution is 9.11. The van der Waals surface area contributed by atoms with E-state index in [1.807, 2.05) is 18.2 Å². The van der Waals surface area contributed by atoms with Gasteiger partial charge in [-0.1, -0.05) is 0 Å². The predicted octanol–water partition coefficient (Wildman–Crippen LogP) is 3.39. The number of ether oxygens (including phenoxy) is 1. The molecule has 8 heteroatoms. The van der Waals surface area contributed by atoms with Crippen LogP contribution in [-0.2, 0) is 0 Å². The highest BCUT2D eigenvalue weighted by Gasteiger charge is 2.15. The topological polar surface area (TPSA) is 99.9 Å². The predicted molar refractivity (Wildman–Crippen MR) is 93.5 cm³/mol. The van der Waals surface area contributed by atoms with E-state index in [0.717, 1.165) is 31.2 Å². The zero-order valence-corrected chi connectivity index (χ0v) is 14.6. The van der Waals surface area contributed by atoms with Crippen LogP contribution < -0.4 is 16.2 Å². The summed E-state index contributed by atoms with van der Waals surface area (Å²) in [6.45, 7) is 0. The molecule has 0 bridgehead atoms. The molecule has 0 fully saturated rings. The highest BCUT2D eigenvalue weighted by atomic mass is 79.9. The quantitative estimate of drug-likeness (QED) is 0.653.